The second-order valence-corrected chi connectivity index (χ2v) is 12.8. The number of benzene rings is 6. The van der Waals surface area contributed by atoms with Crippen LogP contribution in [0, 0.1) is 39.0 Å². The molecule has 2 aromatic heterocycles. The molecule has 0 radical (unpaired) electrons. The summed E-state index contributed by atoms with van der Waals surface area (Å²) in [5.74, 6) is 0. The van der Waals surface area contributed by atoms with E-state index in [-0.39, 0.29) is 11.4 Å². The lowest BCUT2D eigenvalue weighted by molar-refractivity contribution is -0.137. The SMILES string of the molecule is Cc1ccc2c3ccc(C)cc3n(-c3ccc(-c4cccc(C#N)c4)c(-n4c5cc(C)ccc5c5ccc(C)cc54)c3C(F)(F)F)c2c1. The normalized spacial score (nSPS) is 12.0. The first-order valence-electron chi connectivity index (χ1n) is 15.8. The fourth-order valence-electron chi connectivity index (χ4n) is 7.25. The summed E-state index contributed by atoms with van der Waals surface area (Å²) in [5, 5.41) is 13.3. The number of aryl methyl sites for hydroxylation is 4. The van der Waals surface area contributed by atoms with Crippen LogP contribution in [0.15, 0.2) is 109 Å². The van der Waals surface area contributed by atoms with Crippen molar-refractivity contribution in [3.05, 3.63) is 143 Å². The predicted molar refractivity (Wildman–Crippen MR) is 189 cm³/mol. The Hall–Kier alpha value is -5.80. The Morgan fingerprint density at radius 2 is 1.00 bits per heavy atom. The number of nitriles is 1. The first-order valence-corrected chi connectivity index (χ1v) is 15.8. The summed E-state index contributed by atoms with van der Waals surface area (Å²) in [6, 6.07) is 36.1. The van der Waals surface area contributed by atoms with Crippen molar-refractivity contribution in [3.63, 3.8) is 0 Å². The quantitative estimate of drug-likeness (QED) is 0.191. The summed E-state index contributed by atoms with van der Waals surface area (Å²) in [4.78, 5) is 0. The first-order chi connectivity index (χ1) is 23.0. The van der Waals surface area contributed by atoms with Gasteiger partial charge in [0.2, 0.25) is 0 Å². The standard InChI is InChI=1S/C42H30F3N3/c1-24-8-12-31-32-13-9-25(2)19-37(32)47(36(31)18-24)35-17-16-30(29-7-5-6-28(22-29)23-46)41(40(35)42(43,44)45)48-38-20-26(3)10-14-33(38)34-15-11-27(4)21-39(34)48/h5-22H,1-4H3. The van der Waals surface area contributed by atoms with E-state index in [0.717, 1.165) is 43.8 Å². The highest BCUT2D eigenvalue weighted by Crippen LogP contribution is 2.48. The van der Waals surface area contributed by atoms with E-state index in [4.69, 9.17) is 0 Å². The Balaban J connectivity index is 1.64. The van der Waals surface area contributed by atoms with Crippen LogP contribution in [0.1, 0.15) is 33.4 Å². The van der Waals surface area contributed by atoms with Crippen molar-refractivity contribution in [1.82, 2.24) is 9.13 Å². The molecule has 0 saturated carbocycles. The van der Waals surface area contributed by atoms with Crippen LogP contribution in [-0.4, -0.2) is 9.13 Å². The number of halogens is 3. The van der Waals surface area contributed by atoms with Crippen molar-refractivity contribution in [2.75, 3.05) is 0 Å². The highest BCUT2D eigenvalue weighted by atomic mass is 19.4. The summed E-state index contributed by atoms with van der Waals surface area (Å²) in [6.45, 7) is 7.81. The van der Waals surface area contributed by atoms with Crippen LogP contribution >= 0.6 is 0 Å². The molecule has 234 valence electrons. The number of alkyl halides is 3. The van der Waals surface area contributed by atoms with Gasteiger partial charge in [0, 0.05) is 27.1 Å². The average molecular weight is 634 g/mol. The Bertz CT molecular complexity index is 2540. The molecule has 48 heavy (non-hydrogen) atoms. The average Bonchev–Trinajstić information content (AvgIpc) is 3.53. The molecule has 3 nitrogen and oxygen atoms in total. The van der Waals surface area contributed by atoms with Crippen LogP contribution in [0.2, 0.25) is 0 Å². The molecule has 0 aliphatic rings. The fraction of sp³-hybridized carbons (Fsp3) is 0.119. The van der Waals surface area contributed by atoms with Crippen molar-refractivity contribution in [2.45, 2.75) is 33.9 Å². The van der Waals surface area contributed by atoms with Crippen LogP contribution in [0.3, 0.4) is 0 Å². The van der Waals surface area contributed by atoms with E-state index in [0.29, 0.717) is 38.8 Å². The summed E-state index contributed by atoms with van der Waals surface area (Å²) in [6.07, 6.45) is -4.76. The molecular formula is C42H30F3N3. The van der Waals surface area contributed by atoms with Crippen molar-refractivity contribution in [2.24, 2.45) is 0 Å². The van der Waals surface area contributed by atoms with Gasteiger partial charge in [-0.05, 0) is 98.0 Å². The lowest BCUT2D eigenvalue weighted by Gasteiger charge is -2.24. The van der Waals surface area contributed by atoms with Crippen LogP contribution in [0.5, 0.6) is 0 Å². The van der Waals surface area contributed by atoms with Gasteiger partial charge in [-0.1, -0.05) is 66.7 Å². The monoisotopic (exact) mass is 633 g/mol. The van der Waals surface area contributed by atoms with E-state index in [1.54, 1.807) is 45.5 Å². The maximum absolute atomic E-state index is 16.2. The van der Waals surface area contributed by atoms with E-state index in [9.17, 15) is 5.26 Å². The number of aromatic nitrogens is 2. The van der Waals surface area contributed by atoms with Gasteiger partial charge in [-0.15, -0.1) is 0 Å². The van der Waals surface area contributed by atoms with E-state index < -0.39 is 11.7 Å². The highest BCUT2D eigenvalue weighted by Gasteiger charge is 2.40. The molecule has 8 aromatic rings. The molecule has 0 fully saturated rings. The zero-order valence-corrected chi connectivity index (χ0v) is 26.9. The predicted octanol–water partition coefficient (Wildman–Crippen LogP) is 11.7. The molecule has 0 aliphatic heterocycles. The van der Waals surface area contributed by atoms with Gasteiger partial charge < -0.3 is 9.13 Å². The van der Waals surface area contributed by atoms with Crippen molar-refractivity contribution in [1.29, 1.82) is 5.26 Å². The third kappa shape index (κ3) is 4.50. The number of nitrogens with zero attached hydrogens (tertiary/aromatic N) is 3. The molecule has 0 amide bonds. The minimum absolute atomic E-state index is 0.0293. The van der Waals surface area contributed by atoms with Crippen molar-refractivity contribution >= 4 is 43.6 Å². The molecule has 0 unspecified atom stereocenters. The van der Waals surface area contributed by atoms with Crippen LogP contribution < -0.4 is 0 Å². The number of hydrogen-bond donors (Lipinski definition) is 0. The van der Waals surface area contributed by atoms with Gasteiger partial charge in [0.1, 0.15) is 5.56 Å². The minimum atomic E-state index is -4.76. The second-order valence-electron chi connectivity index (χ2n) is 12.8. The Kier molecular flexibility index (Phi) is 6.54. The van der Waals surface area contributed by atoms with Crippen LogP contribution in [0.25, 0.3) is 66.1 Å². The van der Waals surface area contributed by atoms with Crippen molar-refractivity contribution < 1.29 is 13.2 Å². The third-order valence-electron chi connectivity index (χ3n) is 9.36. The maximum Gasteiger partial charge on any atom is 0.420 e. The van der Waals surface area contributed by atoms with E-state index in [2.05, 4.69) is 6.07 Å². The Morgan fingerprint density at radius 1 is 0.542 bits per heavy atom. The van der Waals surface area contributed by atoms with Gasteiger partial charge in [-0.2, -0.15) is 18.4 Å². The molecule has 6 heteroatoms. The smallest absolute Gasteiger partial charge is 0.309 e. The largest absolute Gasteiger partial charge is 0.420 e. The van der Waals surface area contributed by atoms with Gasteiger partial charge in [-0.3, -0.25) is 0 Å². The minimum Gasteiger partial charge on any atom is -0.309 e. The molecule has 2 heterocycles. The molecule has 0 spiro atoms. The Morgan fingerprint density at radius 3 is 1.44 bits per heavy atom. The van der Waals surface area contributed by atoms with E-state index in [1.807, 2.05) is 100 Å². The lowest BCUT2D eigenvalue weighted by Crippen LogP contribution is -2.17. The summed E-state index contributed by atoms with van der Waals surface area (Å²) < 4.78 is 52.1. The highest BCUT2D eigenvalue weighted by molar-refractivity contribution is 6.12. The summed E-state index contributed by atoms with van der Waals surface area (Å²) >= 11 is 0. The van der Waals surface area contributed by atoms with Gasteiger partial charge in [0.25, 0.3) is 0 Å². The molecular weight excluding hydrogens is 603 g/mol. The van der Waals surface area contributed by atoms with Gasteiger partial charge in [-0.25, -0.2) is 0 Å². The number of fused-ring (bicyclic) bond motifs is 6. The van der Waals surface area contributed by atoms with Crippen LogP contribution in [-0.2, 0) is 6.18 Å². The molecule has 0 atom stereocenters. The molecule has 0 N–H and O–H groups in total. The Labute approximate surface area is 275 Å². The second kappa shape index (κ2) is 10.6. The van der Waals surface area contributed by atoms with E-state index >= 15 is 13.2 Å². The molecule has 0 saturated heterocycles. The first kappa shape index (κ1) is 29.6. The summed E-state index contributed by atoms with van der Waals surface area (Å²) in [5.41, 5.74) is 7.20. The zero-order chi connectivity index (χ0) is 33.5. The number of hydrogen-bond acceptors (Lipinski definition) is 1. The molecule has 8 rings (SSSR count). The molecule has 0 aliphatic carbocycles. The molecule has 6 aromatic carbocycles. The van der Waals surface area contributed by atoms with Gasteiger partial charge in [0.15, 0.2) is 0 Å². The molecule has 0 bridgehead atoms. The zero-order valence-electron chi connectivity index (χ0n) is 26.9. The van der Waals surface area contributed by atoms with Gasteiger partial charge in [0.05, 0.1) is 45.1 Å². The third-order valence-corrected chi connectivity index (χ3v) is 9.36. The van der Waals surface area contributed by atoms with Gasteiger partial charge >= 0.3 is 6.18 Å². The van der Waals surface area contributed by atoms with Crippen molar-refractivity contribution in [3.8, 4) is 28.6 Å². The topological polar surface area (TPSA) is 33.6 Å². The number of rotatable bonds is 3. The fourth-order valence-corrected chi connectivity index (χ4v) is 7.25. The lowest BCUT2D eigenvalue weighted by atomic mass is 9.96. The van der Waals surface area contributed by atoms with Crippen LogP contribution in [0.4, 0.5) is 13.2 Å². The van der Waals surface area contributed by atoms with E-state index in [1.165, 1.54) is 0 Å². The maximum atomic E-state index is 16.2. The summed E-state index contributed by atoms with van der Waals surface area (Å²) in [7, 11) is 0.